The number of aromatic nitrogens is 3. The fraction of sp³-hybridized carbons (Fsp3) is 0.222. The van der Waals surface area contributed by atoms with Gasteiger partial charge in [-0.15, -0.1) is 10.2 Å². The SMILES string of the molecule is O=C(Nc1nnc(-c2ccccn2)s1)N1CCCC1c1ccccc1. The van der Waals surface area contributed by atoms with Gasteiger partial charge >= 0.3 is 6.03 Å². The summed E-state index contributed by atoms with van der Waals surface area (Å²) in [5.74, 6) is 0. The molecule has 0 radical (unpaired) electrons. The number of amides is 2. The van der Waals surface area contributed by atoms with Crippen LogP contribution in [0.2, 0.25) is 0 Å². The van der Waals surface area contributed by atoms with Crippen molar-refractivity contribution in [3.05, 3.63) is 60.3 Å². The molecule has 1 atom stereocenters. The Morgan fingerprint density at radius 2 is 1.96 bits per heavy atom. The van der Waals surface area contributed by atoms with Crippen molar-refractivity contribution in [3.63, 3.8) is 0 Å². The normalized spacial score (nSPS) is 16.8. The Morgan fingerprint density at radius 3 is 2.76 bits per heavy atom. The first kappa shape index (κ1) is 15.7. The molecule has 6 nitrogen and oxygen atoms in total. The van der Waals surface area contributed by atoms with Crippen molar-refractivity contribution in [1.29, 1.82) is 0 Å². The lowest BCUT2D eigenvalue weighted by molar-refractivity contribution is 0.207. The van der Waals surface area contributed by atoms with E-state index < -0.39 is 0 Å². The summed E-state index contributed by atoms with van der Waals surface area (Å²) in [7, 11) is 0. The fourth-order valence-corrected chi connectivity index (χ4v) is 3.77. The predicted molar refractivity (Wildman–Crippen MR) is 97.3 cm³/mol. The van der Waals surface area contributed by atoms with Crippen LogP contribution in [-0.4, -0.2) is 32.7 Å². The van der Waals surface area contributed by atoms with Crippen LogP contribution in [0, 0.1) is 0 Å². The molecule has 1 N–H and O–H groups in total. The third-order valence-corrected chi connectivity index (χ3v) is 5.08. The molecular weight excluding hydrogens is 334 g/mol. The number of hydrogen-bond donors (Lipinski definition) is 1. The number of nitrogens with one attached hydrogen (secondary N) is 1. The number of pyridine rings is 1. The van der Waals surface area contributed by atoms with E-state index in [0.29, 0.717) is 10.1 Å². The number of urea groups is 1. The van der Waals surface area contributed by atoms with E-state index in [2.05, 4.69) is 32.6 Å². The van der Waals surface area contributed by atoms with Gasteiger partial charge in [-0.3, -0.25) is 10.3 Å². The molecule has 1 unspecified atom stereocenters. The van der Waals surface area contributed by atoms with Crippen LogP contribution in [0.4, 0.5) is 9.93 Å². The Labute approximate surface area is 149 Å². The Hall–Kier alpha value is -2.80. The zero-order valence-corrected chi connectivity index (χ0v) is 14.3. The zero-order valence-electron chi connectivity index (χ0n) is 13.5. The molecule has 2 aromatic heterocycles. The topological polar surface area (TPSA) is 71.0 Å². The predicted octanol–water partition coefficient (Wildman–Crippen LogP) is 3.97. The van der Waals surface area contributed by atoms with Crippen LogP contribution in [0.25, 0.3) is 10.7 Å². The summed E-state index contributed by atoms with van der Waals surface area (Å²) in [5.41, 5.74) is 1.92. The summed E-state index contributed by atoms with van der Waals surface area (Å²) in [6.07, 6.45) is 3.69. The average molecular weight is 351 g/mol. The number of nitrogens with zero attached hydrogens (tertiary/aromatic N) is 4. The molecule has 2 amide bonds. The lowest BCUT2D eigenvalue weighted by Crippen LogP contribution is -2.34. The van der Waals surface area contributed by atoms with Crippen LogP contribution in [-0.2, 0) is 0 Å². The van der Waals surface area contributed by atoms with E-state index >= 15 is 0 Å². The first-order chi connectivity index (χ1) is 12.3. The molecule has 1 aliphatic rings. The van der Waals surface area contributed by atoms with Crippen LogP contribution in [0.5, 0.6) is 0 Å². The van der Waals surface area contributed by atoms with Crippen LogP contribution in [0.1, 0.15) is 24.4 Å². The first-order valence-electron chi connectivity index (χ1n) is 8.19. The Balaban J connectivity index is 1.48. The minimum Gasteiger partial charge on any atom is -0.317 e. The average Bonchev–Trinajstić information content (AvgIpc) is 3.33. The molecule has 3 heterocycles. The number of anilines is 1. The number of benzene rings is 1. The lowest BCUT2D eigenvalue weighted by atomic mass is 10.1. The van der Waals surface area contributed by atoms with E-state index in [0.717, 1.165) is 25.1 Å². The largest absolute Gasteiger partial charge is 0.324 e. The second-order valence-corrected chi connectivity index (χ2v) is 6.80. The number of hydrogen-bond acceptors (Lipinski definition) is 5. The molecule has 126 valence electrons. The minimum atomic E-state index is -0.130. The molecule has 0 spiro atoms. The Kier molecular flexibility index (Phi) is 4.39. The standard InChI is InChI=1S/C18H17N5OS/c24-18(23-12-6-10-15(23)13-7-2-1-3-8-13)20-17-22-21-16(25-17)14-9-4-5-11-19-14/h1-5,7-9,11,15H,6,10,12H2,(H,20,22,24). The monoisotopic (exact) mass is 351 g/mol. The first-order valence-corrected chi connectivity index (χ1v) is 9.00. The van der Waals surface area contributed by atoms with Gasteiger partial charge in [0.25, 0.3) is 0 Å². The van der Waals surface area contributed by atoms with Crippen molar-refractivity contribution in [3.8, 4) is 10.7 Å². The van der Waals surface area contributed by atoms with Crippen molar-refractivity contribution in [2.24, 2.45) is 0 Å². The van der Waals surface area contributed by atoms with Gasteiger partial charge < -0.3 is 4.90 Å². The maximum Gasteiger partial charge on any atom is 0.324 e. The molecule has 1 aliphatic heterocycles. The Bertz CT molecular complexity index is 852. The summed E-state index contributed by atoms with van der Waals surface area (Å²) in [4.78, 5) is 18.8. The maximum absolute atomic E-state index is 12.7. The van der Waals surface area contributed by atoms with Gasteiger partial charge in [0.05, 0.1) is 6.04 Å². The van der Waals surface area contributed by atoms with Gasteiger partial charge in [0, 0.05) is 12.7 Å². The summed E-state index contributed by atoms with van der Waals surface area (Å²) in [6.45, 7) is 0.747. The van der Waals surface area contributed by atoms with Crippen LogP contribution < -0.4 is 5.32 Å². The van der Waals surface area contributed by atoms with Gasteiger partial charge in [0.15, 0.2) is 5.01 Å². The highest BCUT2D eigenvalue weighted by Gasteiger charge is 2.30. The van der Waals surface area contributed by atoms with Gasteiger partial charge in [-0.2, -0.15) is 0 Å². The molecule has 7 heteroatoms. The van der Waals surface area contributed by atoms with Crippen LogP contribution in [0.3, 0.4) is 0 Å². The van der Waals surface area contributed by atoms with Gasteiger partial charge in [-0.1, -0.05) is 47.7 Å². The molecule has 0 saturated carbocycles. The molecule has 4 rings (SSSR count). The van der Waals surface area contributed by atoms with Crippen molar-refractivity contribution >= 4 is 22.5 Å². The third kappa shape index (κ3) is 3.36. The van der Waals surface area contributed by atoms with Crippen molar-refractivity contribution in [1.82, 2.24) is 20.1 Å². The maximum atomic E-state index is 12.7. The van der Waals surface area contributed by atoms with E-state index in [-0.39, 0.29) is 12.1 Å². The van der Waals surface area contributed by atoms with E-state index in [1.54, 1.807) is 6.20 Å². The molecule has 0 aliphatic carbocycles. The molecule has 1 fully saturated rings. The van der Waals surface area contributed by atoms with Gasteiger partial charge in [0.1, 0.15) is 5.69 Å². The number of carbonyl (C=O) groups is 1. The van der Waals surface area contributed by atoms with Crippen molar-refractivity contribution in [2.45, 2.75) is 18.9 Å². The molecule has 3 aromatic rings. The summed E-state index contributed by atoms with van der Waals surface area (Å²) >= 11 is 1.33. The van der Waals surface area contributed by atoms with E-state index in [9.17, 15) is 4.79 Å². The van der Waals surface area contributed by atoms with Crippen LogP contribution >= 0.6 is 11.3 Å². The van der Waals surface area contributed by atoms with Crippen molar-refractivity contribution < 1.29 is 4.79 Å². The van der Waals surface area contributed by atoms with E-state index in [4.69, 9.17) is 0 Å². The smallest absolute Gasteiger partial charge is 0.317 e. The van der Waals surface area contributed by atoms with Gasteiger partial charge in [-0.25, -0.2) is 4.79 Å². The molecule has 25 heavy (non-hydrogen) atoms. The van der Waals surface area contributed by atoms with Gasteiger partial charge in [0.2, 0.25) is 5.13 Å². The van der Waals surface area contributed by atoms with Gasteiger partial charge in [-0.05, 0) is 30.5 Å². The second kappa shape index (κ2) is 6.98. The molecular formula is C18H17N5OS. The van der Waals surface area contributed by atoms with E-state index in [1.165, 1.54) is 16.9 Å². The second-order valence-electron chi connectivity index (χ2n) is 5.82. The number of likely N-dealkylation sites (tertiary alicyclic amines) is 1. The Morgan fingerprint density at radius 1 is 1.12 bits per heavy atom. The summed E-state index contributed by atoms with van der Waals surface area (Å²) in [5, 5.41) is 12.2. The highest BCUT2D eigenvalue weighted by molar-refractivity contribution is 7.18. The van der Waals surface area contributed by atoms with Crippen molar-refractivity contribution in [2.75, 3.05) is 11.9 Å². The summed E-state index contributed by atoms with van der Waals surface area (Å²) in [6, 6.07) is 15.8. The van der Waals surface area contributed by atoms with E-state index in [1.807, 2.05) is 41.3 Å². The molecule has 1 aromatic carbocycles. The fourth-order valence-electron chi connectivity index (χ4n) is 3.06. The highest BCUT2D eigenvalue weighted by Crippen LogP contribution is 2.32. The molecule has 1 saturated heterocycles. The zero-order chi connectivity index (χ0) is 17.1. The highest BCUT2D eigenvalue weighted by atomic mass is 32.1. The summed E-state index contributed by atoms with van der Waals surface area (Å²) < 4.78 is 0. The van der Waals surface area contributed by atoms with Crippen LogP contribution in [0.15, 0.2) is 54.7 Å². The minimum absolute atomic E-state index is 0.115. The lowest BCUT2D eigenvalue weighted by Gasteiger charge is -2.24. The number of carbonyl (C=O) groups excluding carboxylic acids is 1. The molecule has 0 bridgehead atoms. The number of rotatable bonds is 3. The third-order valence-electron chi connectivity index (χ3n) is 4.22. The quantitative estimate of drug-likeness (QED) is 0.775.